The summed E-state index contributed by atoms with van der Waals surface area (Å²) in [6.45, 7) is 7.67. The van der Waals surface area contributed by atoms with Gasteiger partial charge >= 0.3 is 5.97 Å². The van der Waals surface area contributed by atoms with Crippen molar-refractivity contribution in [3.05, 3.63) is 24.3 Å². The molecular formula is C19H30N3O4+. The summed E-state index contributed by atoms with van der Waals surface area (Å²) in [7, 11) is 1.34. The van der Waals surface area contributed by atoms with E-state index < -0.39 is 6.04 Å². The Morgan fingerprint density at radius 2 is 1.88 bits per heavy atom. The number of esters is 1. The summed E-state index contributed by atoms with van der Waals surface area (Å²) < 4.78 is 4.81. The van der Waals surface area contributed by atoms with Crippen LogP contribution in [0.5, 0.6) is 5.75 Å². The number of methoxy groups -OCH3 is 1. The normalized spacial score (nSPS) is 17.4. The molecule has 0 saturated carbocycles. The standard InChI is InChI=1S/C19H29N3O4/c1-4-14(2)18(19(25)26-3)20-17(24)13-21-9-11-22(12-10-21)15-5-7-16(23)8-6-15/h5-8,14,18,23H,4,9-13H2,1-3H3,(H,20,24)/p+1/t14-,18+/m1/s1. The van der Waals surface area contributed by atoms with E-state index in [1.807, 2.05) is 26.0 Å². The molecule has 0 bridgehead atoms. The van der Waals surface area contributed by atoms with Crippen LogP contribution < -0.4 is 15.1 Å². The predicted molar refractivity (Wildman–Crippen MR) is 99.3 cm³/mol. The zero-order valence-corrected chi connectivity index (χ0v) is 15.8. The zero-order valence-electron chi connectivity index (χ0n) is 15.8. The van der Waals surface area contributed by atoms with Crippen LogP contribution >= 0.6 is 0 Å². The van der Waals surface area contributed by atoms with Gasteiger partial charge in [0.2, 0.25) is 0 Å². The fraction of sp³-hybridized carbons (Fsp3) is 0.579. The van der Waals surface area contributed by atoms with Crippen LogP contribution in [0.3, 0.4) is 0 Å². The van der Waals surface area contributed by atoms with Crippen molar-refractivity contribution in [2.24, 2.45) is 5.92 Å². The molecule has 2 rings (SSSR count). The Bertz CT molecular complexity index is 597. The summed E-state index contributed by atoms with van der Waals surface area (Å²) in [4.78, 5) is 27.7. The first-order valence-corrected chi connectivity index (χ1v) is 9.19. The molecule has 1 aromatic rings. The fourth-order valence-corrected chi connectivity index (χ4v) is 3.17. The molecule has 1 heterocycles. The lowest BCUT2D eigenvalue weighted by molar-refractivity contribution is -0.892. The quantitative estimate of drug-likeness (QED) is 0.584. The fourth-order valence-electron chi connectivity index (χ4n) is 3.17. The second-order valence-corrected chi connectivity index (χ2v) is 6.88. The number of aromatic hydroxyl groups is 1. The number of ether oxygens (including phenoxy) is 1. The van der Waals surface area contributed by atoms with Gasteiger partial charge in [-0.1, -0.05) is 20.3 Å². The van der Waals surface area contributed by atoms with E-state index in [0.717, 1.165) is 38.3 Å². The van der Waals surface area contributed by atoms with Crippen molar-refractivity contribution in [2.45, 2.75) is 26.3 Å². The number of piperazine rings is 1. The highest BCUT2D eigenvalue weighted by Gasteiger charge is 2.29. The zero-order chi connectivity index (χ0) is 19.1. The second kappa shape index (κ2) is 9.43. The van der Waals surface area contributed by atoms with E-state index >= 15 is 0 Å². The molecule has 0 radical (unpaired) electrons. The number of phenols is 1. The van der Waals surface area contributed by atoms with Crippen molar-refractivity contribution < 1.29 is 24.3 Å². The third-order valence-electron chi connectivity index (χ3n) is 5.08. The molecule has 3 N–H and O–H groups in total. The van der Waals surface area contributed by atoms with Gasteiger partial charge in [0.1, 0.15) is 11.8 Å². The van der Waals surface area contributed by atoms with Gasteiger partial charge in [0, 0.05) is 5.69 Å². The third-order valence-corrected chi connectivity index (χ3v) is 5.08. The van der Waals surface area contributed by atoms with Crippen molar-refractivity contribution in [1.82, 2.24) is 5.32 Å². The van der Waals surface area contributed by atoms with E-state index in [4.69, 9.17) is 4.74 Å². The van der Waals surface area contributed by atoms with Gasteiger partial charge in [-0.15, -0.1) is 0 Å². The molecule has 1 fully saturated rings. The van der Waals surface area contributed by atoms with Crippen LogP contribution in [0.15, 0.2) is 24.3 Å². The molecule has 1 aromatic carbocycles. The van der Waals surface area contributed by atoms with Crippen molar-refractivity contribution in [3.8, 4) is 5.75 Å². The lowest BCUT2D eigenvalue weighted by Crippen LogP contribution is -3.16. The Hall–Kier alpha value is -2.28. The van der Waals surface area contributed by atoms with Gasteiger partial charge in [-0.2, -0.15) is 0 Å². The molecule has 7 nitrogen and oxygen atoms in total. The molecule has 1 amide bonds. The number of nitrogens with one attached hydrogen (secondary N) is 2. The SMILES string of the molecule is CC[C@@H](C)[C@H](NC(=O)C[NH+]1CCN(c2ccc(O)cc2)CC1)C(=O)OC. The minimum atomic E-state index is -0.588. The number of carbonyl (C=O) groups is 2. The maximum atomic E-state index is 12.4. The Labute approximate surface area is 154 Å². The topological polar surface area (TPSA) is 83.3 Å². The number of phenolic OH excluding ortho intramolecular Hbond substituents is 1. The molecule has 2 atom stereocenters. The highest BCUT2D eigenvalue weighted by molar-refractivity contribution is 5.85. The van der Waals surface area contributed by atoms with E-state index in [1.54, 1.807) is 12.1 Å². The molecule has 0 spiro atoms. The van der Waals surface area contributed by atoms with Crippen molar-refractivity contribution in [1.29, 1.82) is 0 Å². The number of benzene rings is 1. The second-order valence-electron chi connectivity index (χ2n) is 6.88. The summed E-state index contributed by atoms with van der Waals surface area (Å²) in [6, 6.07) is 6.59. The summed E-state index contributed by atoms with van der Waals surface area (Å²) in [6.07, 6.45) is 0.790. The van der Waals surface area contributed by atoms with Crippen LogP contribution in [0.25, 0.3) is 0 Å². The van der Waals surface area contributed by atoms with Gasteiger partial charge in [-0.05, 0) is 30.2 Å². The summed E-state index contributed by atoms with van der Waals surface area (Å²) in [5, 5.41) is 12.2. The Balaban J connectivity index is 1.83. The molecule has 0 aliphatic carbocycles. The minimum absolute atomic E-state index is 0.0349. The smallest absolute Gasteiger partial charge is 0.328 e. The largest absolute Gasteiger partial charge is 0.508 e. The lowest BCUT2D eigenvalue weighted by atomic mass is 9.99. The minimum Gasteiger partial charge on any atom is -0.508 e. The van der Waals surface area contributed by atoms with E-state index in [0.29, 0.717) is 6.54 Å². The number of anilines is 1. The summed E-state index contributed by atoms with van der Waals surface area (Å²) in [5.74, 6) is -0.211. The van der Waals surface area contributed by atoms with Gasteiger partial charge in [0.05, 0.1) is 33.3 Å². The van der Waals surface area contributed by atoms with Crippen molar-refractivity contribution in [3.63, 3.8) is 0 Å². The number of amides is 1. The van der Waals surface area contributed by atoms with E-state index in [2.05, 4.69) is 10.2 Å². The Morgan fingerprint density at radius 1 is 1.27 bits per heavy atom. The predicted octanol–water partition coefficient (Wildman–Crippen LogP) is -0.199. The number of quaternary nitrogens is 1. The van der Waals surface area contributed by atoms with E-state index in [9.17, 15) is 14.7 Å². The number of hydrogen-bond donors (Lipinski definition) is 3. The van der Waals surface area contributed by atoms with Crippen LogP contribution in [0, 0.1) is 5.92 Å². The van der Waals surface area contributed by atoms with Gasteiger partial charge in [0.15, 0.2) is 6.54 Å². The van der Waals surface area contributed by atoms with E-state index in [-0.39, 0.29) is 23.5 Å². The maximum absolute atomic E-state index is 12.4. The Kier molecular flexibility index (Phi) is 7.26. The molecule has 0 aromatic heterocycles. The van der Waals surface area contributed by atoms with Crippen molar-refractivity contribution >= 4 is 17.6 Å². The highest BCUT2D eigenvalue weighted by Crippen LogP contribution is 2.18. The van der Waals surface area contributed by atoms with Crippen LogP contribution in [-0.2, 0) is 14.3 Å². The first kappa shape index (κ1) is 20.0. The molecule has 144 valence electrons. The lowest BCUT2D eigenvalue weighted by Gasteiger charge is -2.33. The molecule has 1 aliphatic heterocycles. The first-order chi connectivity index (χ1) is 12.4. The van der Waals surface area contributed by atoms with E-state index in [1.165, 1.54) is 12.0 Å². The molecule has 7 heteroatoms. The van der Waals surface area contributed by atoms with Crippen molar-refractivity contribution in [2.75, 3.05) is 44.7 Å². The molecule has 26 heavy (non-hydrogen) atoms. The number of rotatable bonds is 7. The average molecular weight is 364 g/mol. The summed E-state index contributed by atoms with van der Waals surface area (Å²) in [5.41, 5.74) is 1.08. The maximum Gasteiger partial charge on any atom is 0.328 e. The highest BCUT2D eigenvalue weighted by atomic mass is 16.5. The molecule has 1 saturated heterocycles. The number of carbonyl (C=O) groups excluding carboxylic acids is 2. The third kappa shape index (κ3) is 5.36. The summed E-state index contributed by atoms with van der Waals surface area (Å²) >= 11 is 0. The first-order valence-electron chi connectivity index (χ1n) is 9.19. The van der Waals surface area contributed by atoms with Gasteiger partial charge in [0.25, 0.3) is 5.91 Å². The monoisotopic (exact) mass is 364 g/mol. The van der Waals surface area contributed by atoms with Gasteiger partial charge in [-0.3, -0.25) is 4.79 Å². The molecule has 0 unspecified atom stereocenters. The average Bonchev–Trinajstić information content (AvgIpc) is 2.66. The Morgan fingerprint density at radius 3 is 2.42 bits per heavy atom. The van der Waals surface area contributed by atoms with Crippen LogP contribution in [0.2, 0.25) is 0 Å². The van der Waals surface area contributed by atoms with Gasteiger partial charge < -0.3 is 25.0 Å². The van der Waals surface area contributed by atoms with Gasteiger partial charge in [-0.25, -0.2) is 4.79 Å². The van der Waals surface area contributed by atoms with Crippen LogP contribution in [0.1, 0.15) is 20.3 Å². The van der Waals surface area contributed by atoms with Crippen LogP contribution in [-0.4, -0.2) is 62.9 Å². The van der Waals surface area contributed by atoms with Crippen LogP contribution in [0.4, 0.5) is 5.69 Å². The number of nitrogens with zero attached hydrogens (tertiary/aromatic N) is 1. The molecule has 1 aliphatic rings. The molecular weight excluding hydrogens is 334 g/mol. The number of hydrogen-bond acceptors (Lipinski definition) is 5.